The highest BCUT2D eigenvalue weighted by atomic mass is 16.5. The average molecular weight is 348 g/mol. The van der Waals surface area contributed by atoms with Gasteiger partial charge in [-0.3, -0.25) is 4.79 Å². The van der Waals surface area contributed by atoms with Crippen molar-refractivity contribution in [3.63, 3.8) is 0 Å². The Bertz CT molecular complexity index is 887. The summed E-state index contributed by atoms with van der Waals surface area (Å²) >= 11 is 0. The number of carbonyl (C=O) groups is 1. The molecule has 0 radical (unpaired) electrons. The Labute approximate surface area is 153 Å². The van der Waals surface area contributed by atoms with Crippen LogP contribution in [-0.2, 0) is 22.4 Å². The summed E-state index contributed by atoms with van der Waals surface area (Å²) in [4.78, 5) is 18.1. The lowest BCUT2D eigenvalue weighted by atomic mass is 10.0. The number of rotatable bonds is 4. The van der Waals surface area contributed by atoms with E-state index >= 15 is 0 Å². The topological polar surface area (TPSA) is 45.3 Å². The molecule has 1 amide bonds. The van der Waals surface area contributed by atoms with Crippen LogP contribution in [-0.4, -0.2) is 41.1 Å². The number of fused-ring (bicyclic) bond motifs is 1. The van der Waals surface area contributed by atoms with Crippen molar-refractivity contribution in [1.82, 2.24) is 9.88 Å². The normalized spacial score (nSPS) is 20.4. The largest absolute Gasteiger partial charge is 0.371 e. The molecule has 2 unspecified atom stereocenters. The Balaban J connectivity index is 1.45. The molecule has 2 aromatic carbocycles. The molecule has 134 valence electrons. The number of ether oxygens (including phenoxy) is 1. The second kappa shape index (κ2) is 7.34. The van der Waals surface area contributed by atoms with Crippen LogP contribution in [0.25, 0.3) is 10.9 Å². The molecule has 3 aromatic rings. The summed E-state index contributed by atoms with van der Waals surface area (Å²) in [5, 5.41) is 1.13. The van der Waals surface area contributed by atoms with Crippen molar-refractivity contribution < 1.29 is 9.53 Å². The van der Waals surface area contributed by atoms with Crippen LogP contribution in [0.3, 0.4) is 0 Å². The van der Waals surface area contributed by atoms with E-state index in [2.05, 4.69) is 23.2 Å². The first kappa shape index (κ1) is 16.9. The van der Waals surface area contributed by atoms with Gasteiger partial charge in [-0.15, -0.1) is 0 Å². The maximum Gasteiger partial charge on any atom is 0.227 e. The molecule has 4 heteroatoms. The van der Waals surface area contributed by atoms with E-state index in [1.807, 2.05) is 54.4 Å². The highest BCUT2D eigenvalue weighted by molar-refractivity contribution is 5.88. The second-order valence-electron chi connectivity index (χ2n) is 7.09. The summed E-state index contributed by atoms with van der Waals surface area (Å²) in [6.45, 7) is 3.36. The van der Waals surface area contributed by atoms with Crippen LogP contribution < -0.4 is 0 Å². The van der Waals surface area contributed by atoms with Crippen LogP contribution >= 0.6 is 0 Å². The number of benzene rings is 2. The fourth-order valence-electron chi connectivity index (χ4n) is 3.79. The zero-order valence-corrected chi connectivity index (χ0v) is 15.0. The zero-order chi connectivity index (χ0) is 17.9. The molecule has 0 saturated carbocycles. The van der Waals surface area contributed by atoms with Crippen molar-refractivity contribution in [2.24, 2.45) is 0 Å². The molecule has 4 nitrogen and oxygen atoms in total. The van der Waals surface area contributed by atoms with Crippen molar-refractivity contribution in [3.8, 4) is 0 Å². The van der Waals surface area contributed by atoms with E-state index in [1.54, 1.807) is 0 Å². The third-order valence-electron chi connectivity index (χ3n) is 5.00. The van der Waals surface area contributed by atoms with Crippen molar-refractivity contribution in [2.75, 3.05) is 13.1 Å². The summed E-state index contributed by atoms with van der Waals surface area (Å²) < 4.78 is 6.08. The number of nitrogens with one attached hydrogen (secondary N) is 1. The number of morpholine rings is 1. The molecule has 2 atom stereocenters. The maximum absolute atomic E-state index is 12.9. The van der Waals surface area contributed by atoms with Crippen molar-refractivity contribution in [1.29, 1.82) is 0 Å². The average Bonchev–Trinajstić information content (AvgIpc) is 3.05. The van der Waals surface area contributed by atoms with E-state index in [-0.39, 0.29) is 18.1 Å². The molecule has 1 saturated heterocycles. The van der Waals surface area contributed by atoms with Crippen LogP contribution in [0.4, 0.5) is 0 Å². The molecule has 0 aliphatic carbocycles. The third kappa shape index (κ3) is 3.65. The van der Waals surface area contributed by atoms with E-state index in [0.717, 1.165) is 22.9 Å². The predicted molar refractivity (Wildman–Crippen MR) is 103 cm³/mol. The van der Waals surface area contributed by atoms with Gasteiger partial charge in [0.05, 0.1) is 18.6 Å². The van der Waals surface area contributed by atoms with E-state index in [4.69, 9.17) is 4.74 Å². The van der Waals surface area contributed by atoms with Gasteiger partial charge in [0.1, 0.15) is 0 Å². The fourth-order valence-corrected chi connectivity index (χ4v) is 3.79. The standard InChI is InChI=1S/C22H24N2O2/c1-16-14-24(15-19(26-16)11-17-7-3-2-4-8-17)22(25)12-18-13-23-21-10-6-5-9-20(18)21/h2-10,13,16,19,23H,11-12,14-15H2,1H3. The number of hydrogen-bond donors (Lipinski definition) is 1. The van der Waals surface area contributed by atoms with Crippen LogP contribution in [0.5, 0.6) is 0 Å². The monoisotopic (exact) mass is 348 g/mol. The van der Waals surface area contributed by atoms with Gasteiger partial charge in [-0.05, 0) is 24.1 Å². The van der Waals surface area contributed by atoms with Gasteiger partial charge in [-0.1, -0.05) is 48.5 Å². The predicted octanol–water partition coefficient (Wildman–Crippen LogP) is 3.57. The van der Waals surface area contributed by atoms with Crippen LogP contribution in [0.1, 0.15) is 18.1 Å². The van der Waals surface area contributed by atoms with Gasteiger partial charge in [0.2, 0.25) is 5.91 Å². The Morgan fingerprint density at radius 2 is 1.88 bits per heavy atom. The highest BCUT2D eigenvalue weighted by Crippen LogP contribution is 2.21. The Morgan fingerprint density at radius 3 is 2.73 bits per heavy atom. The van der Waals surface area contributed by atoms with Crippen LogP contribution in [0.15, 0.2) is 60.8 Å². The molecule has 26 heavy (non-hydrogen) atoms. The molecule has 1 fully saturated rings. The lowest BCUT2D eigenvalue weighted by molar-refractivity contribution is -0.143. The van der Waals surface area contributed by atoms with Crippen LogP contribution in [0.2, 0.25) is 0 Å². The van der Waals surface area contributed by atoms with Gasteiger partial charge >= 0.3 is 0 Å². The summed E-state index contributed by atoms with van der Waals surface area (Å²) in [5.41, 5.74) is 3.38. The minimum Gasteiger partial charge on any atom is -0.371 e. The van der Waals surface area contributed by atoms with E-state index < -0.39 is 0 Å². The Morgan fingerprint density at radius 1 is 1.12 bits per heavy atom. The SMILES string of the molecule is CC1CN(C(=O)Cc2c[nH]c3ccccc23)CC(Cc2ccccc2)O1. The van der Waals surface area contributed by atoms with E-state index in [9.17, 15) is 4.79 Å². The minimum absolute atomic E-state index is 0.0491. The number of nitrogens with zero attached hydrogens (tertiary/aromatic N) is 1. The Kier molecular flexibility index (Phi) is 4.76. The summed E-state index contributed by atoms with van der Waals surface area (Å²) in [5.74, 6) is 0.169. The minimum atomic E-state index is 0.0491. The lowest BCUT2D eigenvalue weighted by Crippen LogP contribution is -2.50. The van der Waals surface area contributed by atoms with Crippen molar-refractivity contribution in [2.45, 2.75) is 32.0 Å². The Hall–Kier alpha value is -2.59. The molecule has 2 heterocycles. The first-order chi connectivity index (χ1) is 12.7. The quantitative estimate of drug-likeness (QED) is 0.783. The van der Waals surface area contributed by atoms with E-state index in [1.165, 1.54) is 5.56 Å². The van der Waals surface area contributed by atoms with Gasteiger partial charge in [0, 0.05) is 36.6 Å². The first-order valence-corrected chi connectivity index (χ1v) is 9.21. The van der Waals surface area contributed by atoms with Gasteiger partial charge < -0.3 is 14.6 Å². The molecule has 0 spiro atoms. The molecular weight excluding hydrogens is 324 g/mol. The summed E-state index contributed by atoms with van der Waals surface area (Å²) in [7, 11) is 0. The lowest BCUT2D eigenvalue weighted by Gasteiger charge is -2.37. The van der Waals surface area contributed by atoms with E-state index in [0.29, 0.717) is 19.5 Å². The van der Waals surface area contributed by atoms with Crippen molar-refractivity contribution in [3.05, 3.63) is 71.9 Å². The number of aromatic nitrogens is 1. The fraction of sp³-hybridized carbons (Fsp3) is 0.318. The molecule has 4 rings (SSSR count). The first-order valence-electron chi connectivity index (χ1n) is 9.21. The number of carbonyl (C=O) groups excluding carboxylic acids is 1. The number of H-pyrrole nitrogens is 1. The molecule has 1 aliphatic heterocycles. The maximum atomic E-state index is 12.9. The van der Waals surface area contributed by atoms with Gasteiger partial charge in [-0.2, -0.15) is 0 Å². The molecule has 1 aromatic heterocycles. The van der Waals surface area contributed by atoms with Crippen LogP contribution in [0, 0.1) is 0 Å². The summed E-state index contributed by atoms with van der Waals surface area (Å²) in [6.07, 6.45) is 3.32. The molecule has 1 aliphatic rings. The number of amides is 1. The zero-order valence-electron chi connectivity index (χ0n) is 15.0. The van der Waals surface area contributed by atoms with Gasteiger partial charge in [-0.25, -0.2) is 0 Å². The molecule has 1 N–H and O–H groups in total. The highest BCUT2D eigenvalue weighted by Gasteiger charge is 2.28. The van der Waals surface area contributed by atoms with Crippen molar-refractivity contribution >= 4 is 16.8 Å². The number of aromatic amines is 1. The van der Waals surface area contributed by atoms with Gasteiger partial charge in [0.25, 0.3) is 0 Å². The van der Waals surface area contributed by atoms with Gasteiger partial charge in [0.15, 0.2) is 0 Å². The smallest absolute Gasteiger partial charge is 0.227 e. The third-order valence-corrected chi connectivity index (χ3v) is 5.00. The number of para-hydroxylation sites is 1. The molecular formula is C22H24N2O2. The summed E-state index contributed by atoms with van der Waals surface area (Å²) in [6, 6.07) is 18.4. The second-order valence-corrected chi connectivity index (χ2v) is 7.09. The number of hydrogen-bond acceptors (Lipinski definition) is 2. The molecule has 0 bridgehead atoms.